The van der Waals surface area contributed by atoms with Crippen molar-refractivity contribution in [3.05, 3.63) is 0 Å². The van der Waals surface area contributed by atoms with Crippen LogP contribution in [0.1, 0.15) is 219 Å². The third kappa shape index (κ3) is 36.2. The SMILES string of the molecule is CCCCCCCCCCCCCCCCCCCCCCCC(O)CC(=O)NC(COP(=O)(O)OCCN)C(O)CCCCCCCCCC. The van der Waals surface area contributed by atoms with Gasteiger partial charge in [-0.1, -0.05) is 200 Å². The van der Waals surface area contributed by atoms with Crippen molar-refractivity contribution in [1.29, 1.82) is 0 Å². The normalized spacial score (nSPS) is 14.7. The van der Waals surface area contributed by atoms with Gasteiger partial charge in [-0.05, 0) is 12.8 Å². The quantitative estimate of drug-likeness (QED) is 0.0306. The molecule has 0 aromatic rings. The van der Waals surface area contributed by atoms with Crippen LogP contribution in [0.3, 0.4) is 0 Å². The second-order valence-corrected chi connectivity index (χ2v) is 16.6. The second-order valence-electron chi connectivity index (χ2n) is 15.1. The average molecular weight is 749 g/mol. The molecule has 0 aromatic carbocycles. The van der Waals surface area contributed by atoms with E-state index in [-0.39, 0.29) is 26.2 Å². The van der Waals surface area contributed by atoms with E-state index in [1.165, 1.54) is 148 Å². The molecule has 0 aliphatic carbocycles. The molecule has 0 bridgehead atoms. The van der Waals surface area contributed by atoms with Gasteiger partial charge in [0.1, 0.15) is 0 Å². The first-order valence-corrected chi connectivity index (χ1v) is 23.2. The number of amides is 1. The van der Waals surface area contributed by atoms with Crippen molar-refractivity contribution in [3.63, 3.8) is 0 Å². The highest BCUT2D eigenvalue weighted by Gasteiger charge is 2.28. The number of nitrogens with one attached hydrogen (secondary N) is 1. The van der Waals surface area contributed by atoms with Gasteiger partial charge in [-0.2, -0.15) is 0 Å². The Kier molecular flexibility index (Phi) is 37.4. The van der Waals surface area contributed by atoms with Crippen molar-refractivity contribution in [1.82, 2.24) is 5.32 Å². The van der Waals surface area contributed by atoms with Crippen LogP contribution in [-0.4, -0.2) is 59.0 Å². The van der Waals surface area contributed by atoms with Crippen LogP contribution in [0.15, 0.2) is 0 Å². The van der Waals surface area contributed by atoms with E-state index in [1.54, 1.807) is 0 Å². The molecule has 306 valence electrons. The van der Waals surface area contributed by atoms with Gasteiger partial charge in [0, 0.05) is 6.54 Å². The lowest BCUT2D eigenvalue weighted by Gasteiger charge is -2.25. The molecule has 0 aliphatic heterocycles. The van der Waals surface area contributed by atoms with Crippen molar-refractivity contribution in [3.8, 4) is 0 Å². The number of nitrogens with two attached hydrogens (primary N) is 1. The molecule has 0 aliphatic rings. The van der Waals surface area contributed by atoms with Crippen LogP contribution in [-0.2, 0) is 18.4 Å². The number of rotatable bonds is 41. The Morgan fingerprint density at radius 1 is 0.588 bits per heavy atom. The molecule has 9 nitrogen and oxygen atoms in total. The summed E-state index contributed by atoms with van der Waals surface area (Å²) in [5.41, 5.74) is 5.35. The molecule has 1 amide bonds. The molecule has 0 spiro atoms. The van der Waals surface area contributed by atoms with Crippen molar-refractivity contribution >= 4 is 13.7 Å². The van der Waals surface area contributed by atoms with Gasteiger partial charge in [-0.25, -0.2) is 4.57 Å². The van der Waals surface area contributed by atoms with Gasteiger partial charge in [0.15, 0.2) is 0 Å². The molecule has 0 heterocycles. The Morgan fingerprint density at radius 2 is 0.941 bits per heavy atom. The predicted octanol–water partition coefficient (Wildman–Crippen LogP) is 10.8. The minimum absolute atomic E-state index is 0.0621. The molecule has 4 unspecified atom stereocenters. The summed E-state index contributed by atoms with van der Waals surface area (Å²) in [6, 6.07) is -0.888. The topological polar surface area (TPSA) is 151 Å². The Morgan fingerprint density at radius 3 is 1.31 bits per heavy atom. The lowest BCUT2D eigenvalue weighted by atomic mass is 10.0. The highest BCUT2D eigenvalue weighted by molar-refractivity contribution is 7.47. The minimum atomic E-state index is -4.36. The first-order chi connectivity index (χ1) is 24.8. The Labute approximate surface area is 315 Å². The highest BCUT2D eigenvalue weighted by Crippen LogP contribution is 2.43. The predicted molar refractivity (Wildman–Crippen MR) is 214 cm³/mol. The van der Waals surface area contributed by atoms with Gasteiger partial charge in [-0.3, -0.25) is 13.8 Å². The third-order valence-electron chi connectivity index (χ3n) is 10.0. The Balaban J connectivity index is 4.04. The first-order valence-electron chi connectivity index (χ1n) is 21.7. The average Bonchev–Trinajstić information content (AvgIpc) is 3.10. The zero-order valence-electron chi connectivity index (χ0n) is 33.5. The van der Waals surface area contributed by atoms with Gasteiger partial charge < -0.3 is 26.2 Å². The van der Waals surface area contributed by atoms with Gasteiger partial charge in [0.05, 0.1) is 37.9 Å². The van der Waals surface area contributed by atoms with Crippen molar-refractivity contribution in [2.75, 3.05) is 19.8 Å². The zero-order chi connectivity index (χ0) is 37.7. The number of phosphoric acid groups is 1. The standard InChI is InChI=1S/C41H85N2O7P/c1-3-5-7-9-11-13-14-15-16-17-18-19-20-21-22-23-24-25-26-28-30-32-38(44)36-41(46)43-39(37-50-51(47,48)49-35-34-42)40(45)33-31-29-27-12-10-8-6-4-2/h38-40,44-45H,3-37,42H2,1-2H3,(H,43,46)(H,47,48). The van der Waals surface area contributed by atoms with Crippen LogP contribution >= 0.6 is 7.82 Å². The smallest absolute Gasteiger partial charge is 0.393 e. The molecule has 0 saturated heterocycles. The number of aliphatic hydroxyl groups is 2. The summed E-state index contributed by atoms with van der Waals surface area (Å²) >= 11 is 0. The molecule has 0 rings (SSSR count). The maximum atomic E-state index is 12.8. The van der Waals surface area contributed by atoms with Crippen LogP contribution in [0.2, 0.25) is 0 Å². The second kappa shape index (κ2) is 37.8. The van der Waals surface area contributed by atoms with Crippen LogP contribution in [0.25, 0.3) is 0 Å². The number of carbonyl (C=O) groups is 1. The summed E-state index contributed by atoms with van der Waals surface area (Å²) in [4.78, 5) is 22.7. The van der Waals surface area contributed by atoms with Gasteiger partial charge in [0.2, 0.25) is 5.91 Å². The monoisotopic (exact) mass is 749 g/mol. The van der Waals surface area contributed by atoms with Crippen LogP contribution in [0.4, 0.5) is 0 Å². The zero-order valence-corrected chi connectivity index (χ0v) is 34.4. The fourth-order valence-electron chi connectivity index (χ4n) is 6.71. The number of hydrogen-bond acceptors (Lipinski definition) is 7. The van der Waals surface area contributed by atoms with Crippen LogP contribution in [0.5, 0.6) is 0 Å². The van der Waals surface area contributed by atoms with E-state index in [1.807, 2.05) is 0 Å². The summed E-state index contributed by atoms with van der Waals surface area (Å²) in [5.74, 6) is -0.412. The van der Waals surface area contributed by atoms with Gasteiger partial charge in [-0.15, -0.1) is 0 Å². The van der Waals surface area contributed by atoms with E-state index in [0.717, 1.165) is 38.5 Å². The largest absolute Gasteiger partial charge is 0.472 e. The molecule has 0 radical (unpaired) electrons. The van der Waals surface area contributed by atoms with E-state index in [4.69, 9.17) is 14.8 Å². The van der Waals surface area contributed by atoms with E-state index in [2.05, 4.69) is 19.2 Å². The minimum Gasteiger partial charge on any atom is -0.393 e. The van der Waals surface area contributed by atoms with E-state index >= 15 is 0 Å². The number of aliphatic hydroxyl groups excluding tert-OH is 2. The lowest BCUT2D eigenvalue weighted by molar-refractivity contribution is -0.125. The highest BCUT2D eigenvalue weighted by atomic mass is 31.2. The molecule has 0 saturated carbocycles. The summed E-state index contributed by atoms with van der Waals surface area (Å²) < 4.78 is 22.0. The number of phosphoric ester groups is 1. The molecular formula is C41H85N2O7P. The summed E-state index contributed by atoms with van der Waals surface area (Å²) in [5, 5.41) is 24.1. The first kappa shape index (κ1) is 50.5. The summed E-state index contributed by atoms with van der Waals surface area (Å²) in [6.07, 6.45) is 36.0. The summed E-state index contributed by atoms with van der Waals surface area (Å²) in [7, 11) is -4.36. The number of carbonyl (C=O) groups excluding carboxylic acids is 1. The van der Waals surface area contributed by atoms with Gasteiger partial charge in [0.25, 0.3) is 0 Å². The van der Waals surface area contributed by atoms with Crippen LogP contribution < -0.4 is 11.1 Å². The molecule has 0 aromatic heterocycles. The lowest BCUT2D eigenvalue weighted by Crippen LogP contribution is -2.47. The third-order valence-corrected chi connectivity index (χ3v) is 11.0. The fraction of sp³-hybridized carbons (Fsp3) is 0.976. The van der Waals surface area contributed by atoms with E-state index in [0.29, 0.717) is 12.8 Å². The van der Waals surface area contributed by atoms with Gasteiger partial charge >= 0.3 is 7.82 Å². The number of unbranched alkanes of at least 4 members (excludes halogenated alkanes) is 27. The molecule has 51 heavy (non-hydrogen) atoms. The number of hydrogen-bond donors (Lipinski definition) is 5. The molecule has 4 atom stereocenters. The Hall–Kier alpha value is -0.540. The maximum absolute atomic E-state index is 12.8. The molecule has 0 fully saturated rings. The maximum Gasteiger partial charge on any atom is 0.472 e. The molecule has 6 N–H and O–H groups in total. The van der Waals surface area contributed by atoms with E-state index in [9.17, 15) is 24.5 Å². The van der Waals surface area contributed by atoms with E-state index < -0.39 is 32.0 Å². The van der Waals surface area contributed by atoms with Crippen LogP contribution in [0, 0.1) is 0 Å². The Bertz CT molecular complexity index is 791. The van der Waals surface area contributed by atoms with Crippen molar-refractivity contribution in [2.45, 2.75) is 238 Å². The van der Waals surface area contributed by atoms with Crippen molar-refractivity contribution in [2.24, 2.45) is 5.73 Å². The fourth-order valence-corrected chi connectivity index (χ4v) is 7.47. The molecule has 10 heteroatoms. The van der Waals surface area contributed by atoms with Crippen molar-refractivity contribution < 1.29 is 33.5 Å². The molecular weight excluding hydrogens is 663 g/mol. The summed E-state index contributed by atoms with van der Waals surface area (Å²) in [6.45, 7) is 4.02.